The van der Waals surface area contributed by atoms with E-state index in [0.29, 0.717) is 35.7 Å². The van der Waals surface area contributed by atoms with Gasteiger partial charge < -0.3 is 14.4 Å². The molecule has 8 nitrogen and oxygen atoms in total. The second-order valence-corrected chi connectivity index (χ2v) is 9.86. The molecule has 1 saturated heterocycles. The van der Waals surface area contributed by atoms with Crippen molar-refractivity contribution in [1.29, 1.82) is 0 Å². The smallest absolute Gasteiger partial charge is 0.243 e. The minimum absolute atomic E-state index is 0.193. The first-order valence-corrected chi connectivity index (χ1v) is 12.0. The maximum absolute atomic E-state index is 13.2. The molecule has 166 valence electrons. The summed E-state index contributed by atoms with van der Waals surface area (Å²) in [6.07, 6.45) is 1.73. The highest BCUT2D eigenvalue weighted by Crippen LogP contribution is 2.32. The van der Waals surface area contributed by atoms with Crippen LogP contribution in [0.25, 0.3) is 0 Å². The average Bonchev–Trinajstić information content (AvgIpc) is 3.26. The monoisotopic (exact) mass is 472 g/mol. The van der Waals surface area contributed by atoms with E-state index in [2.05, 4.69) is 14.9 Å². The van der Waals surface area contributed by atoms with Crippen molar-refractivity contribution in [1.82, 2.24) is 14.3 Å². The molecule has 3 aromatic rings. The van der Waals surface area contributed by atoms with E-state index in [1.165, 1.54) is 16.4 Å². The van der Waals surface area contributed by atoms with Crippen LogP contribution in [0.3, 0.4) is 0 Å². The molecule has 0 radical (unpaired) electrons. The Balaban J connectivity index is 1.31. The van der Waals surface area contributed by atoms with Crippen LogP contribution in [-0.4, -0.2) is 49.0 Å². The third-order valence-electron chi connectivity index (χ3n) is 5.43. The number of nitrogens with zero attached hydrogens (tertiary/aromatic N) is 4. The highest BCUT2D eigenvalue weighted by atomic mass is 35.5. The third-order valence-corrected chi connectivity index (χ3v) is 7.55. The molecule has 2 aromatic carbocycles. The quantitative estimate of drug-likeness (QED) is 0.562. The van der Waals surface area contributed by atoms with E-state index < -0.39 is 10.0 Å². The minimum Gasteiger partial charge on any atom is -0.456 e. The van der Waals surface area contributed by atoms with E-state index in [-0.39, 0.29) is 18.0 Å². The molecule has 1 fully saturated rings. The zero-order chi connectivity index (χ0) is 22.1. The number of hydrogen-bond donors (Lipinski definition) is 0. The normalized spacial score (nSPS) is 16.7. The van der Waals surface area contributed by atoms with Gasteiger partial charge in [0.2, 0.25) is 16.0 Å². The van der Waals surface area contributed by atoms with Crippen LogP contribution in [0.1, 0.15) is 11.3 Å². The van der Waals surface area contributed by atoms with Crippen LogP contribution in [0, 0.1) is 0 Å². The van der Waals surface area contributed by atoms with Gasteiger partial charge in [-0.1, -0.05) is 23.7 Å². The zero-order valence-corrected chi connectivity index (χ0v) is 18.7. The van der Waals surface area contributed by atoms with E-state index >= 15 is 0 Å². The van der Waals surface area contributed by atoms with Crippen molar-refractivity contribution < 1.29 is 17.9 Å². The molecule has 32 heavy (non-hydrogen) atoms. The first-order chi connectivity index (χ1) is 15.5. The lowest BCUT2D eigenvalue weighted by Gasteiger charge is -2.26. The van der Waals surface area contributed by atoms with Gasteiger partial charge in [-0.25, -0.2) is 18.4 Å². The van der Waals surface area contributed by atoms with Gasteiger partial charge in [0.15, 0.2) is 0 Å². The summed E-state index contributed by atoms with van der Waals surface area (Å²) in [5, 5.41) is 0.483. The Morgan fingerprint density at radius 2 is 1.75 bits per heavy atom. The van der Waals surface area contributed by atoms with Gasteiger partial charge in [0.05, 0.1) is 35.4 Å². The summed E-state index contributed by atoms with van der Waals surface area (Å²) in [7, 11) is -3.69. The Hall–Kier alpha value is -2.72. The largest absolute Gasteiger partial charge is 0.456 e. The van der Waals surface area contributed by atoms with Crippen molar-refractivity contribution in [2.24, 2.45) is 0 Å². The summed E-state index contributed by atoms with van der Waals surface area (Å²) in [5.41, 5.74) is 1.56. The molecule has 3 heterocycles. The maximum Gasteiger partial charge on any atom is 0.243 e. The number of benzene rings is 2. The molecule has 0 bridgehead atoms. The standard InChI is InChI=1S/C22H21ClN4O4S/c23-19-3-1-2-4-21(19)31-17-5-7-18(8-6-17)32(28,29)27-14-16-13-24-22(25-20(16)15-27)26-9-11-30-12-10-26/h1-8,13H,9-12,14-15H2. The second-order valence-electron chi connectivity index (χ2n) is 7.52. The number of hydrogen-bond acceptors (Lipinski definition) is 7. The number of para-hydroxylation sites is 1. The number of sulfonamides is 1. The number of anilines is 1. The van der Waals surface area contributed by atoms with Gasteiger partial charge in [0.25, 0.3) is 0 Å². The fourth-order valence-electron chi connectivity index (χ4n) is 3.68. The summed E-state index contributed by atoms with van der Waals surface area (Å²) in [6.45, 7) is 3.19. The van der Waals surface area contributed by atoms with Crippen LogP contribution in [0.4, 0.5) is 5.95 Å². The van der Waals surface area contributed by atoms with E-state index in [9.17, 15) is 8.42 Å². The fourth-order valence-corrected chi connectivity index (χ4v) is 5.24. The predicted molar refractivity (Wildman–Crippen MR) is 119 cm³/mol. The summed E-state index contributed by atoms with van der Waals surface area (Å²) < 4.78 is 38.9. The van der Waals surface area contributed by atoms with Crippen molar-refractivity contribution >= 4 is 27.6 Å². The molecular weight excluding hydrogens is 452 g/mol. The molecule has 0 spiro atoms. The Labute approximate surface area is 191 Å². The molecule has 1 aromatic heterocycles. The molecule has 0 N–H and O–H groups in total. The van der Waals surface area contributed by atoms with Crippen LogP contribution < -0.4 is 9.64 Å². The van der Waals surface area contributed by atoms with Crippen molar-refractivity contribution in [3.8, 4) is 11.5 Å². The van der Waals surface area contributed by atoms with Gasteiger partial charge in [-0.3, -0.25) is 0 Å². The molecule has 5 rings (SSSR count). The number of morpholine rings is 1. The predicted octanol–water partition coefficient (Wildman–Crippen LogP) is 3.46. The Morgan fingerprint density at radius 3 is 2.50 bits per heavy atom. The van der Waals surface area contributed by atoms with E-state index in [1.807, 2.05) is 12.1 Å². The minimum atomic E-state index is -3.69. The summed E-state index contributed by atoms with van der Waals surface area (Å²) in [6, 6.07) is 13.4. The highest BCUT2D eigenvalue weighted by Gasteiger charge is 2.32. The van der Waals surface area contributed by atoms with Crippen LogP contribution in [0.5, 0.6) is 11.5 Å². The average molecular weight is 473 g/mol. The molecule has 0 saturated carbocycles. The first kappa shape index (κ1) is 21.1. The lowest BCUT2D eigenvalue weighted by Crippen LogP contribution is -2.37. The molecule has 2 aliphatic rings. The third kappa shape index (κ3) is 4.16. The first-order valence-electron chi connectivity index (χ1n) is 10.2. The number of ether oxygens (including phenoxy) is 2. The fraction of sp³-hybridized carbons (Fsp3) is 0.273. The molecule has 0 atom stereocenters. The van der Waals surface area contributed by atoms with Gasteiger partial charge in [0, 0.05) is 31.4 Å². The summed E-state index contributed by atoms with van der Waals surface area (Å²) >= 11 is 6.12. The van der Waals surface area contributed by atoms with Crippen molar-refractivity contribution in [3.63, 3.8) is 0 Å². The molecular formula is C22H21ClN4O4S. The number of halogens is 1. The van der Waals surface area contributed by atoms with Crippen LogP contribution in [-0.2, 0) is 27.8 Å². The van der Waals surface area contributed by atoms with Crippen LogP contribution >= 0.6 is 11.6 Å². The zero-order valence-electron chi connectivity index (χ0n) is 17.1. The van der Waals surface area contributed by atoms with Gasteiger partial charge in [0.1, 0.15) is 11.5 Å². The summed E-state index contributed by atoms with van der Waals surface area (Å²) in [5.74, 6) is 1.63. The molecule has 0 amide bonds. The molecule has 0 unspecified atom stereocenters. The van der Waals surface area contributed by atoms with Gasteiger partial charge in [-0.2, -0.15) is 4.31 Å². The Bertz CT molecular complexity index is 1230. The van der Waals surface area contributed by atoms with Crippen molar-refractivity contribution in [3.05, 3.63) is 71.0 Å². The SMILES string of the molecule is O=S(=O)(c1ccc(Oc2ccccc2Cl)cc1)N1Cc2cnc(N3CCOCC3)nc2C1. The van der Waals surface area contributed by atoms with E-state index in [4.69, 9.17) is 21.1 Å². The molecule has 2 aliphatic heterocycles. The number of rotatable bonds is 5. The molecule has 10 heteroatoms. The number of aromatic nitrogens is 2. The van der Waals surface area contributed by atoms with Crippen molar-refractivity contribution in [2.75, 3.05) is 31.2 Å². The molecule has 0 aliphatic carbocycles. The van der Waals surface area contributed by atoms with Gasteiger partial charge >= 0.3 is 0 Å². The highest BCUT2D eigenvalue weighted by molar-refractivity contribution is 7.89. The van der Waals surface area contributed by atoms with E-state index in [0.717, 1.165) is 24.3 Å². The lowest BCUT2D eigenvalue weighted by molar-refractivity contribution is 0.122. The number of fused-ring (bicyclic) bond motifs is 1. The van der Waals surface area contributed by atoms with Gasteiger partial charge in [-0.15, -0.1) is 0 Å². The van der Waals surface area contributed by atoms with Crippen molar-refractivity contribution in [2.45, 2.75) is 18.0 Å². The van der Waals surface area contributed by atoms with Crippen LogP contribution in [0.2, 0.25) is 5.02 Å². The summed E-state index contributed by atoms with van der Waals surface area (Å²) in [4.78, 5) is 11.3. The Morgan fingerprint density at radius 1 is 1.00 bits per heavy atom. The van der Waals surface area contributed by atoms with Crippen LogP contribution in [0.15, 0.2) is 59.6 Å². The second kappa shape index (κ2) is 8.67. The maximum atomic E-state index is 13.2. The Kier molecular flexibility index (Phi) is 5.73. The lowest BCUT2D eigenvalue weighted by atomic mass is 10.3. The topological polar surface area (TPSA) is 84.9 Å². The van der Waals surface area contributed by atoms with Gasteiger partial charge in [-0.05, 0) is 36.4 Å². The van der Waals surface area contributed by atoms with E-state index in [1.54, 1.807) is 30.5 Å².